The average Bonchev–Trinajstić information content (AvgIpc) is 2.01. The lowest BCUT2D eigenvalue weighted by Gasteiger charge is -2.03. The normalized spacial score (nSPS) is 12.1. The zero-order valence-electron chi connectivity index (χ0n) is 6.62. The van der Waals surface area contributed by atoms with Crippen LogP contribution in [0.1, 0.15) is 12.0 Å². The Bertz CT molecular complexity index is 449. The first-order valence-electron chi connectivity index (χ1n) is 3.30. The quantitative estimate of drug-likeness (QED) is 0.795. The Morgan fingerprint density at radius 1 is 1.43 bits per heavy atom. The molecule has 0 amide bonds. The van der Waals surface area contributed by atoms with E-state index in [4.69, 9.17) is 16.7 Å². The second-order valence-corrected chi connectivity index (χ2v) is 4.24. The highest BCUT2D eigenvalue weighted by atomic mass is 35.5. The number of nitrogens with two attached hydrogens (primary N) is 1. The molecule has 0 bridgehead atoms. The van der Waals surface area contributed by atoms with Gasteiger partial charge in [-0.1, -0.05) is 11.6 Å². The molecule has 1 rings (SSSR count). The number of pyridine rings is 1. The van der Waals surface area contributed by atoms with Crippen LogP contribution in [0.2, 0.25) is 5.15 Å². The Labute approximate surface area is 83.8 Å². The van der Waals surface area contributed by atoms with E-state index >= 15 is 0 Å². The minimum Gasteiger partial charge on any atom is -0.223 e. The average molecular weight is 243 g/mol. The number of nitrogens with zero attached hydrogens (tertiary/aromatic N) is 1. The van der Waals surface area contributed by atoms with Crippen molar-refractivity contribution in [3.05, 3.63) is 22.8 Å². The molecule has 0 aliphatic carbocycles. The number of primary sulfonamides is 1. The smallest absolute Gasteiger partial charge is 0.223 e. The Kier molecular flexibility index (Phi) is 3.03. The molecular weight excluding hydrogens is 238 g/mol. The molecule has 0 spiro atoms. The molecule has 0 aliphatic heterocycles. The lowest BCUT2D eigenvalue weighted by molar-refractivity contribution is 0.151. The largest absolute Gasteiger partial charge is 0.266 e. The molecule has 0 unspecified atom stereocenters. The first-order valence-corrected chi connectivity index (χ1v) is 5.22. The van der Waals surface area contributed by atoms with Gasteiger partial charge in [0.25, 0.3) is 16.4 Å². The molecule has 78 valence electrons. The van der Waals surface area contributed by atoms with Crippen LogP contribution < -0.4 is 5.14 Å². The molecule has 4 nitrogen and oxygen atoms in total. The van der Waals surface area contributed by atoms with Gasteiger partial charge in [-0.05, 0) is 12.1 Å². The van der Waals surface area contributed by atoms with Crippen LogP contribution in [0.3, 0.4) is 0 Å². The lowest BCUT2D eigenvalue weighted by Crippen LogP contribution is -2.14. The maximum Gasteiger partial charge on any atom is 0.266 e. The van der Waals surface area contributed by atoms with Gasteiger partial charge in [-0.3, -0.25) is 0 Å². The van der Waals surface area contributed by atoms with E-state index in [9.17, 15) is 17.2 Å². The number of aromatic nitrogens is 1. The molecule has 0 aromatic carbocycles. The highest BCUT2D eigenvalue weighted by Gasteiger charge is 2.17. The highest BCUT2D eigenvalue weighted by molar-refractivity contribution is 7.89. The van der Waals surface area contributed by atoms with E-state index in [1.165, 1.54) is 0 Å². The number of hydrogen-bond acceptors (Lipinski definition) is 3. The van der Waals surface area contributed by atoms with E-state index in [2.05, 4.69) is 4.98 Å². The first kappa shape index (κ1) is 11.3. The van der Waals surface area contributed by atoms with Gasteiger partial charge in [0, 0.05) is 0 Å². The van der Waals surface area contributed by atoms with Crippen molar-refractivity contribution in [2.45, 2.75) is 11.5 Å². The van der Waals surface area contributed by atoms with Crippen LogP contribution in [-0.2, 0) is 10.0 Å². The van der Waals surface area contributed by atoms with Gasteiger partial charge >= 0.3 is 0 Å². The van der Waals surface area contributed by atoms with E-state index in [0.717, 1.165) is 12.1 Å². The van der Waals surface area contributed by atoms with E-state index in [-0.39, 0.29) is 0 Å². The molecule has 0 fully saturated rings. The summed E-state index contributed by atoms with van der Waals surface area (Å²) in [5.41, 5.74) is -0.529. The first-order chi connectivity index (χ1) is 6.32. The minimum absolute atomic E-state index is 0.529. The SMILES string of the molecule is NS(=O)(=O)c1ccc(C(F)F)c(Cl)n1. The van der Waals surface area contributed by atoms with Gasteiger partial charge in [-0.2, -0.15) is 0 Å². The summed E-state index contributed by atoms with van der Waals surface area (Å²) >= 11 is 5.32. The van der Waals surface area contributed by atoms with Crippen molar-refractivity contribution in [2.75, 3.05) is 0 Å². The van der Waals surface area contributed by atoms with Gasteiger partial charge in [0.15, 0.2) is 5.03 Å². The molecule has 0 saturated heterocycles. The standard InChI is InChI=1S/C6H5ClF2N2O2S/c7-5-3(6(8)9)1-2-4(11-5)14(10,12)13/h1-2,6H,(H2,10,12,13). The molecule has 14 heavy (non-hydrogen) atoms. The molecule has 0 saturated carbocycles. The fraction of sp³-hybridized carbons (Fsp3) is 0.167. The van der Waals surface area contributed by atoms with Crippen LogP contribution in [0.5, 0.6) is 0 Å². The number of sulfonamides is 1. The van der Waals surface area contributed by atoms with E-state index < -0.39 is 32.2 Å². The van der Waals surface area contributed by atoms with E-state index in [1.54, 1.807) is 0 Å². The summed E-state index contributed by atoms with van der Waals surface area (Å²) < 4.78 is 45.8. The summed E-state index contributed by atoms with van der Waals surface area (Å²) in [6, 6.07) is 1.75. The zero-order valence-corrected chi connectivity index (χ0v) is 8.19. The maximum atomic E-state index is 12.2. The Morgan fingerprint density at radius 2 is 2.00 bits per heavy atom. The number of rotatable bonds is 2. The van der Waals surface area contributed by atoms with Gasteiger partial charge in [0.2, 0.25) is 0 Å². The monoisotopic (exact) mass is 242 g/mol. The van der Waals surface area contributed by atoms with E-state index in [0.29, 0.717) is 0 Å². The Hall–Kier alpha value is -0.790. The number of halogens is 3. The summed E-state index contributed by atoms with van der Waals surface area (Å²) in [5, 5.41) is 3.62. The third-order valence-electron chi connectivity index (χ3n) is 1.38. The molecule has 8 heteroatoms. The minimum atomic E-state index is -4.01. The van der Waals surface area contributed by atoms with Crippen molar-refractivity contribution in [2.24, 2.45) is 5.14 Å². The van der Waals surface area contributed by atoms with Crippen molar-refractivity contribution >= 4 is 21.6 Å². The molecule has 0 atom stereocenters. The van der Waals surface area contributed by atoms with Gasteiger partial charge in [0.1, 0.15) is 5.15 Å². The van der Waals surface area contributed by atoms with Crippen LogP contribution in [0.15, 0.2) is 17.2 Å². The third-order valence-corrected chi connectivity index (χ3v) is 2.49. The molecule has 2 N–H and O–H groups in total. The van der Waals surface area contributed by atoms with Crippen LogP contribution in [0.4, 0.5) is 8.78 Å². The Balaban J connectivity index is 3.27. The van der Waals surface area contributed by atoms with Crippen LogP contribution in [-0.4, -0.2) is 13.4 Å². The lowest BCUT2D eigenvalue weighted by atomic mass is 10.3. The van der Waals surface area contributed by atoms with Crippen molar-refractivity contribution in [3.63, 3.8) is 0 Å². The molecule has 1 aromatic rings. The molecule has 1 aromatic heterocycles. The van der Waals surface area contributed by atoms with Gasteiger partial charge in [0.05, 0.1) is 5.56 Å². The molecule has 0 radical (unpaired) electrons. The van der Waals surface area contributed by atoms with Gasteiger partial charge in [-0.15, -0.1) is 0 Å². The topological polar surface area (TPSA) is 73.1 Å². The predicted octanol–water partition coefficient (Wildman–Crippen LogP) is 1.32. The van der Waals surface area contributed by atoms with Crippen LogP contribution >= 0.6 is 11.6 Å². The second-order valence-electron chi connectivity index (χ2n) is 2.38. The summed E-state index contributed by atoms with van der Waals surface area (Å²) in [5.74, 6) is 0. The predicted molar refractivity (Wildman–Crippen MR) is 45.6 cm³/mol. The molecule has 1 heterocycles. The Morgan fingerprint density at radius 3 is 2.36 bits per heavy atom. The van der Waals surface area contributed by atoms with Crippen molar-refractivity contribution in [3.8, 4) is 0 Å². The van der Waals surface area contributed by atoms with Crippen molar-refractivity contribution < 1.29 is 17.2 Å². The fourth-order valence-corrected chi connectivity index (χ4v) is 1.51. The van der Waals surface area contributed by atoms with Crippen molar-refractivity contribution in [1.29, 1.82) is 0 Å². The van der Waals surface area contributed by atoms with Crippen molar-refractivity contribution in [1.82, 2.24) is 4.98 Å². The number of hydrogen-bond donors (Lipinski definition) is 1. The summed E-state index contributed by atoms with van der Waals surface area (Å²) in [4.78, 5) is 3.24. The number of alkyl halides is 2. The fourth-order valence-electron chi connectivity index (χ4n) is 0.750. The van der Waals surface area contributed by atoms with Gasteiger partial charge in [-0.25, -0.2) is 27.3 Å². The molecular formula is C6H5ClF2N2O2S. The molecule has 0 aliphatic rings. The van der Waals surface area contributed by atoms with Gasteiger partial charge < -0.3 is 0 Å². The second kappa shape index (κ2) is 3.76. The summed E-state index contributed by atoms with van der Waals surface area (Å²) in [6.07, 6.45) is -2.80. The highest BCUT2D eigenvalue weighted by Crippen LogP contribution is 2.25. The van der Waals surface area contributed by atoms with Crippen LogP contribution in [0, 0.1) is 0 Å². The zero-order chi connectivity index (χ0) is 10.9. The third kappa shape index (κ3) is 2.37. The summed E-state index contributed by atoms with van der Waals surface area (Å²) in [7, 11) is -4.01. The van der Waals surface area contributed by atoms with E-state index in [1.807, 2.05) is 0 Å². The summed E-state index contributed by atoms with van der Waals surface area (Å²) in [6.45, 7) is 0. The maximum absolute atomic E-state index is 12.2. The van der Waals surface area contributed by atoms with Crippen LogP contribution in [0.25, 0.3) is 0 Å².